The van der Waals surface area contributed by atoms with Crippen LogP contribution in [0.2, 0.25) is 0 Å². The number of benzene rings is 1. The van der Waals surface area contributed by atoms with Gasteiger partial charge in [0.05, 0.1) is 0 Å². The van der Waals surface area contributed by atoms with Crippen molar-refractivity contribution in [3.8, 4) is 0 Å². The maximum atomic E-state index is 14.1. The van der Waals surface area contributed by atoms with Crippen LogP contribution >= 0.6 is 0 Å². The van der Waals surface area contributed by atoms with E-state index in [0.29, 0.717) is 17.8 Å². The fourth-order valence-electron chi connectivity index (χ4n) is 3.50. The molecule has 24 heavy (non-hydrogen) atoms. The van der Waals surface area contributed by atoms with Gasteiger partial charge >= 0.3 is 0 Å². The summed E-state index contributed by atoms with van der Waals surface area (Å²) in [5.41, 5.74) is 4.98. The lowest BCUT2D eigenvalue weighted by Crippen LogP contribution is -2.38. The third-order valence-corrected chi connectivity index (χ3v) is 5.21. The number of carbonyl (C=O) groups excluding carboxylic acids is 1. The number of nitrogens with zero attached hydrogens (tertiary/aromatic N) is 1. The quantitative estimate of drug-likeness (QED) is 0.516. The van der Waals surface area contributed by atoms with Gasteiger partial charge in [-0.05, 0) is 53.9 Å². The fourth-order valence-corrected chi connectivity index (χ4v) is 3.50. The molecular formula is C21H30FNO. The maximum absolute atomic E-state index is 14.1. The smallest absolute Gasteiger partial charge is 0.178 e. The minimum absolute atomic E-state index is 0.0527. The van der Waals surface area contributed by atoms with Gasteiger partial charge in [-0.15, -0.1) is 0 Å². The van der Waals surface area contributed by atoms with Gasteiger partial charge in [-0.25, -0.2) is 4.39 Å². The summed E-state index contributed by atoms with van der Waals surface area (Å²) in [4.78, 5) is 13.4. The van der Waals surface area contributed by atoms with E-state index in [1.807, 2.05) is 0 Å². The Labute approximate surface area is 145 Å². The van der Waals surface area contributed by atoms with Crippen LogP contribution in [0.3, 0.4) is 0 Å². The summed E-state index contributed by atoms with van der Waals surface area (Å²) in [6.45, 7) is 14.6. The number of rotatable bonds is 5. The number of halogens is 1. The van der Waals surface area contributed by atoms with Crippen LogP contribution in [0, 0.1) is 0 Å². The van der Waals surface area contributed by atoms with Crippen LogP contribution in [0.1, 0.15) is 77.0 Å². The number of allylic oxidation sites excluding steroid dienone is 2. The van der Waals surface area contributed by atoms with Gasteiger partial charge in [0.1, 0.15) is 0 Å². The first-order valence-electron chi connectivity index (χ1n) is 8.98. The molecule has 1 aliphatic heterocycles. The lowest BCUT2D eigenvalue weighted by molar-refractivity contribution is -0.106. The molecule has 0 N–H and O–H groups in total. The van der Waals surface area contributed by atoms with Crippen molar-refractivity contribution < 1.29 is 9.18 Å². The summed E-state index contributed by atoms with van der Waals surface area (Å²) >= 11 is 0. The van der Waals surface area contributed by atoms with Gasteiger partial charge < -0.3 is 4.90 Å². The van der Waals surface area contributed by atoms with Crippen molar-refractivity contribution in [1.29, 1.82) is 0 Å². The Morgan fingerprint density at radius 3 is 2.58 bits per heavy atom. The Kier molecular flexibility index (Phi) is 5.52. The Hall–Kier alpha value is -1.64. The Balaban J connectivity index is 2.81. The minimum atomic E-state index is -0.669. The van der Waals surface area contributed by atoms with Crippen LogP contribution in [0.15, 0.2) is 18.0 Å². The number of carbonyl (C=O) groups is 1. The number of fused-ring (bicyclic) bond motifs is 1. The molecule has 1 heterocycles. The minimum Gasteiger partial charge on any atom is -0.371 e. The standard InChI is InChI=1S/C21H30FNO/c1-7-9-23-10-8-21(5,6)18-12-16(14(2)3)11-17(20(18)23)15(4)19(22)13-24/h11-14H,7-10H2,1-6H3/b19-15+. The molecule has 1 aromatic rings. The van der Waals surface area contributed by atoms with Crippen LogP contribution in [0.25, 0.3) is 5.57 Å². The second kappa shape index (κ2) is 7.08. The van der Waals surface area contributed by atoms with Crippen molar-refractivity contribution in [2.24, 2.45) is 0 Å². The van der Waals surface area contributed by atoms with Gasteiger partial charge in [0, 0.05) is 24.3 Å². The van der Waals surface area contributed by atoms with Gasteiger partial charge in [0.2, 0.25) is 0 Å². The predicted octanol–water partition coefficient (Wildman–Crippen LogP) is 5.61. The second-order valence-corrected chi connectivity index (χ2v) is 7.83. The van der Waals surface area contributed by atoms with E-state index in [9.17, 15) is 9.18 Å². The molecule has 0 fully saturated rings. The van der Waals surface area contributed by atoms with Crippen LogP contribution in [-0.4, -0.2) is 19.4 Å². The average molecular weight is 331 g/mol. The summed E-state index contributed by atoms with van der Waals surface area (Å²) in [5, 5.41) is 0. The molecule has 1 aliphatic rings. The van der Waals surface area contributed by atoms with Crippen molar-refractivity contribution in [2.75, 3.05) is 18.0 Å². The van der Waals surface area contributed by atoms with Gasteiger partial charge in [-0.2, -0.15) is 0 Å². The molecule has 132 valence electrons. The summed E-state index contributed by atoms with van der Waals surface area (Å²) in [7, 11) is 0. The molecule has 2 nitrogen and oxygen atoms in total. The van der Waals surface area contributed by atoms with E-state index < -0.39 is 5.83 Å². The first-order valence-corrected chi connectivity index (χ1v) is 8.98. The van der Waals surface area contributed by atoms with Crippen molar-refractivity contribution >= 4 is 17.5 Å². The van der Waals surface area contributed by atoms with Crippen LogP contribution in [0.4, 0.5) is 10.1 Å². The van der Waals surface area contributed by atoms with Gasteiger partial charge in [0.15, 0.2) is 12.1 Å². The monoisotopic (exact) mass is 331 g/mol. The molecule has 0 bridgehead atoms. The number of hydrogen-bond donors (Lipinski definition) is 0. The van der Waals surface area contributed by atoms with E-state index in [1.165, 1.54) is 11.1 Å². The fraction of sp³-hybridized carbons (Fsp3) is 0.571. The van der Waals surface area contributed by atoms with E-state index in [0.717, 1.165) is 37.2 Å². The number of anilines is 1. The van der Waals surface area contributed by atoms with Crippen molar-refractivity contribution in [3.05, 3.63) is 34.6 Å². The highest BCUT2D eigenvalue weighted by atomic mass is 19.1. The van der Waals surface area contributed by atoms with E-state index >= 15 is 0 Å². The highest BCUT2D eigenvalue weighted by Gasteiger charge is 2.34. The second-order valence-electron chi connectivity index (χ2n) is 7.83. The lowest BCUT2D eigenvalue weighted by atomic mass is 9.74. The normalized spacial score (nSPS) is 17.6. The molecule has 1 aromatic carbocycles. The maximum Gasteiger partial charge on any atom is 0.178 e. The van der Waals surface area contributed by atoms with E-state index in [4.69, 9.17) is 0 Å². The van der Waals surface area contributed by atoms with Crippen molar-refractivity contribution in [2.45, 2.75) is 65.7 Å². The summed E-state index contributed by atoms with van der Waals surface area (Å²) < 4.78 is 14.1. The molecule has 0 aromatic heterocycles. The van der Waals surface area contributed by atoms with E-state index in [2.05, 4.69) is 51.7 Å². The first kappa shape index (κ1) is 18.7. The summed E-state index contributed by atoms with van der Waals surface area (Å²) in [6.07, 6.45) is 2.45. The molecule has 0 radical (unpaired) electrons. The Morgan fingerprint density at radius 1 is 1.38 bits per heavy atom. The molecule has 0 unspecified atom stereocenters. The van der Waals surface area contributed by atoms with Crippen molar-refractivity contribution in [1.82, 2.24) is 0 Å². The zero-order valence-electron chi connectivity index (χ0n) is 15.9. The zero-order valence-corrected chi connectivity index (χ0v) is 15.9. The molecule has 0 aliphatic carbocycles. The summed E-state index contributed by atoms with van der Waals surface area (Å²) in [5.74, 6) is -0.309. The molecule has 0 atom stereocenters. The third-order valence-electron chi connectivity index (χ3n) is 5.21. The number of hydrogen-bond acceptors (Lipinski definition) is 2. The van der Waals surface area contributed by atoms with E-state index in [-0.39, 0.29) is 5.41 Å². The Bertz CT molecular complexity index is 658. The summed E-state index contributed by atoms with van der Waals surface area (Å²) in [6, 6.07) is 4.36. The van der Waals surface area contributed by atoms with Crippen LogP contribution < -0.4 is 4.90 Å². The molecule has 0 saturated heterocycles. The molecular weight excluding hydrogens is 301 g/mol. The lowest BCUT2D eigenvalue weighted by Gasteiger charge is -2.42. The van der Waals surface area contributed by atoms with Gasteiger partial charge in [0.25, 0.3) is 0 Å². The highest BCUT2D eigenvalue weighted by Crippen LogP contribution is 2.45. The molecule has 0 amide bonds. The SMILES string of the molecule is CCCN1CCC(C)(C)c2cc(C(C)C)cc(/C(C)=C(/F)C=O)c21. The molecule has 0 saturated carbocycles. The van der Waals surface area contributed by atoms with Gasteiger partial charge in [-0.1, -0.05) is 40.7 Å². The predicted molar refractivity (Wildman–Crippen MR) is 100 cm³/mol. The Morgan fingerprint density at radius 2 is 2.04 bits per heavy atom. The number of aldehydes is 1. The molecule has 3 heteroatoms. The van der Waals surface area contributed by atoms with Crippen molar-refractivity contribution in [3.63, 3.8) is 0 Å². The third kappa shape index (κ3) is 3.40. The largest absolute Gasteiger partial charge is 0.371 e. The van der Waals surface area contributed by atoms with Crippen LogP contribution in [-0.2, 0) is 10.2 Å². The topological polar surface area (TPSA) is 20.3 Å². The molecule has 0 spiro atoms. The van der Waals surface area contributed by atoms with Gasteiger partial charge in [-0.3, -0.25) is 4.79 Å². The van der Waals surface area contributed by atoms with Crippen LogP contribution in [0.5, 0.6) is 0 Å². The molecule has 2 rings (SSSR count). The van der Waals surface area contributed by atoms with E-state index in [1.54, 1.807) is 6.92 Å². The first-order chi connectivity index (χ1) is 11.2. The average Bonchev–Trinajstić information content (AvgIpc) is 2.55. The highest BCUT2D eigenvalue weighted by molar-refractivity contribution is 5.90. The zero-order chi connectivity index (χ0) is 18.1.